The number of rotatable bonds is 8. The normalized spacial score (nSPS) is 9.81. The first kappa shape index (κ1) is 66.7. The van der Waals surface area contributed by atoms with E-state index in [1.54, 1.807) is 46.8 Å². The van der Waals surface area contributed by atoms with Crippen LogP contribution in [0.5, 0.6) is 0 Å². The summed E-state index contributed by atoms with van der Waals surface area (Å²) in [5.74, 6) is 1.52. The Morgan fingerprint density at radius 1 is 0.608 bits per heavy atom. The molecule has 0 atom stereocenters. The summed E-state index contributed by atoms with van der Waals surface area (Å²) < 4.78 is 22.3. The third-order valence-electron chi connectivity index (χ3n) is 11.2. The van der Waals surface area contributed by atoms with Crippen LogP contribution in [-0.2, 0) is 76.5 Å². The van der Waals surface area contributed by atoms with Crippen molar-refractivity contribution in [1.29, 1.82) is 5.26 Å². The minimum absolute atomic E-state index is 0.0341. The van der Waals surface area contributed by atoms with Crippen molar-refractivity contribution in [3.8, 4) is 4.98 Å². The Labute approximate surface area is 472 Å². The van der Waals surface area contributed by atoms with Crippen molar-refractivity contribution in [2.45, 2.75) is 53.6 Å². The maximum absolute atomic E-state index is 10.5. The van der Waals surface area contributed by atoms with Gasteiger partial charge in [0.25, 0.3) is 11.4 Å². The fourth-order valence-corrected chi connectivity index (χ4v) is 6.88. The van der Waals surface area contributed by atoms with Gasteiger partial charge in [-0.25, -0.2) is 15.0 Å². The van der Waals surface area contributed by atoms with Crippen LogP contribution in [0.3, 0.4) is 0 Å². The monoisotopic (exact) mass is 1210 g/mol. The van der Waals surface area contributed by atoms with Crippen molar-refractivity contribution >= 4 is 102 Å². The summed E-state index contributed by atoms with van der Waals surface area (Å²) in [6.45, 7) is 5.44. The number of nitrogen functional groups attached to an aromatic ring is 4. The number of aliphatic hydroxyl groups is 4. The molecule has 24 nitrogen and oxygen atoms in total. The molecule has 9 rings (SSSR count). The number of imidazole rings is 3. The van der Waals surface area contributed by atoms with Gasteiger partial charge in [-0.15, -0.1) is 0 Å². The second kappa shape index (κ2) is 33.7. The number of anilines is 4. The zero-order valence-corrected chi connectivity index (χ0v) is 47.1. The second-order valence-corrected chi connectivity index (χ2v) is 17.3. The number of nitro benzene ring substituents is 2. The summed E-state index contributed by atoms with van der Waals surface area (Å²) in [7, 11) is 5.63. The summed E-state index contributed by atoms with van der Waals surface area (Å²) in [5, 5.41) is 63.0. The first-order chi connectivity index (χ1) is 37.5. The van der Waals surface area contributed by atoms with Crippen molar-refractivity contribution in [2.24, 2.45) is 21.1 Å². The van der Waals surface area contributed by atoms with Crippen LogP contribution in [0.4, 0.5) is 34.9 Å². The van der Waals surface area contributed by atoms with Gasteiger partial charge in [0.2, 0.25) is 17.8 Å². The Kier molecular flexibility index (Phi) is 28.5. The molecule has 0 aliphatic heterocycles. The fraction of sp³-hybridized carbons (Fsp3) is 0.212. The molecule has 0 spiro atoms. The van der Waals surface area contributed by atoms with Gasteiger partial charge in [-0.3, -0.25) is 25.0 Å². The Morgan fingerprint density at radius 3 is 1.35 bits per heavy atom. The first-order valence-electron chi connectivity index (χ1n) is 23.0. The summed E-state index contributed by atoms with van der Waals surface area (Å²) in [6.07, 6.45) is 1.83. The van der Waals surface area contributed by atoms with Crippen LogP contribution in [-0.4, -0.2) is 65.2 Å². The van der Waals surface area contributed by atoms with Crippen molar-refractivity contribution in [3.63, 3.8) is 0 Å². The van der Waals surface area contributed by atoms with Gasteiger partial charge in [0.1, 0.15) is 16.3 Å². The third kappa shape index (κ3) is 20.2. The molecule has 0 bridgehead atoms. The zero-order valence-electron chi connectivity index (χ0n) is 43.6. The molecular formula is C52H59BrClMnN13O11. The number of hydrogen-bond acceptors (Lipinski definition) is 19. The molecule has 0 aliphatic rings. The van der Waals surface area contributed by atoms with Gasteiger partial charge in [-0.2, -0.15) is 5.26 Å². The molecule has 3 heterocycles. The number of nitro groups is 2. The van der Waals surface area contributed by atoms with Crippen molar-refractivity contribution in [2.75, 3.05) is 22.9 Å². The second-order valence-electron chi connectivity index (χ2n) is 16.3. The average molecular weight is 1210 g/mol. The molecule has 12 N–H and O–H groups in total. The Hall–Kier alpha value is -8.38. The topological polar surface area (TPSA) is 400 Å². The molecule has 419 valence electrons. The van der Waals surface area contributed by atoms with E-state index in [1.807, 2.05) is 73.6 Å². The third-order valence-corrected chi connectivity index (χ3v) is 11.5. The van der Waals surface area contributed by atoms with E-state index in [9.17, 15) is 25.0 Å². The van der Waals surface area contributed by atoms with Crippen LogP contribution < -0.4 is 22.9 Å². The van der Waals surface area contributed by atoms with Gasteiger partial charge < -0.3 is 57.1 Å². The molecule has 0 saturated heterocycles. The Balaban J connectivity index is 0.000000318. The number of aryl methyl sites for hydroxylation is 6. The van der Waals surface area contributed by atoms with Crippen LogP contribution in [0, 0.1) is 44.3 Å². The van der Waals surface area contributed by atoms with Crippen molar-refractivity contribution < 1.29 is 57.6 Å². The molecule has 0 radical (unpaired) electrons. The summed E-state index contributed by atoms with van der Waals surface area (Å²) in [4.78, 5) is 44.3. The van der Waals surface area contributed by atoms with Gasteiger partial charge in [0, 0.05) is 66.0 Å². The van der Waals surface area contributed by atoms with E-state index in [4.69, 9.17) is 67.9 Å². The average Bonchev–Trinajstić information content (AvgIpc) is 4.03. The van der Waals surface area contributed by atoms with E-state index in [0.717, 1.165) is 68.2 Å². The number of fused-ring (bicyclic) bond motifs is 3. The molecule has 79 heavy (non-hydrogen) atoms. The van der Waals surface area contributed by atoms with E-state index >= 15 is 0 Å². The van der Waals surface area contributed by atoms with Crippen molar-refractivity contribution in [3.05, 3.63) is 179 Å². The first-order valence-corrected chi connectivity index (χ1v) is 25.1. The SMILES string of the molecule is CCc1ccc2c(c1)nc(N)n2C.Cc1ccc(CO)cc1N.Cc1ccc(CO)cc1[N+](=O)[O-].Cn1c(N)nc2cc(C=O)ccc21.Cn1c(N)nc2cc(CO)ccc21.N#CBr.O=[N+]([O-])c1cc(CO)ccc1Cl.[O]=[Mn]=[O]. The number of aromatic nitrogens is 6. The van der Waals surface area contributed by atoms with Gasteiger partial charge in [0.15, 0.2) is 0 Å². The van der Waals surface area contributed by atoms with Gasteiger partial charge in [0.05, 0.1) is 69.4 Å². The number of carbonyl (C=O) groups excluding carboxylic acids is 1. The standard InChI is InChI=1S/C10H13N3.C9H11N3O.C9H9N3O.C8H9NO3.C8H11NO.C7H6ClNO3.CBrN.Mn.2O/c1-3-7-4-5-9-8(6-7)12-10(11)13(9)2;2*1-12-8-3-2-6(5-13)4-7(8)11-9(12)10;1-6-2-3-7(5-10)4-8(6)9(11)12;1-6-2-3-7(5-10)4-8(6)9;8-6-2-1-5(4-10)3-7(6)9(11)12;2-1-3;;;/h4-6H,3H2,1-2H3,(H2,11,12);2-4,13H,5H2,1H3,(H2,10,11);2-5H,1H3,(H2,10,11);2-4,10H,5H2,1H3;2-4,10H,5,9H2,1H3;1-3,10H,4H2;;;;. The molecule has 0 amide bonds. The van der Waals surface area contributed by atoms with E-state index in [2.05, 4.69) is 56.0 Å². The number of halogens is 2. The molecule has 0 aliphatic carbocycles. The fourth-order valence-electron chi connectivity index (χ4n) is 6.69. The number of benzene rings is 6. The molecule has 0 fully saturated rings. The Morgan fingerprint density at radius 2 is 0.949 bits per heavy atom. The van der Waals surface area contributed by atoms with E-state index in [-0.39, 0.29) is 42.8 Å². The molecule has 0 unspecified atom stereocenters. The Bertz CT molecular complexity index is 3430. The van der Waals surface area contributed by atoms with E-state index in [0.29, 0.717) is 40.1 Å². The van der Waals surface area contributed by atoms with E-state index < -0.39 is 24.7 Å². The number of carbonyl (C=O) groups is 1. The van der Waals surface area contributed by atoms with Crippen molar-refractivity contribution in [1.82, 2.24) is 28.7 Å². The summed E-state index contributed by atoms with van der Waals surface area (Å²) in [6, 6.07) is 31.6. The van der Waals surface area contributed by atoms with Gasteiger partial charge in [-0.1, -0.05) is 61.0 Å². The predicted octanol–water partition coefficient (Wildman–Crippen LogP) is 8.16. The predicted molar refractivity (Wildman–Crippen MR) is 301 cm³/mol. The molecule has 6 aromatic carbocycles. The number of nitriles is 1. The molecule has 9 aromatic rings. The van der Waals surface area contributed by atoms with Crippen LogP contribution >= 0.6 is 27.5 Å². The van der Waals surface area contributed by atoms with E-state index in [1.165, 1.54) is 29.8 Å². The molecule has 27 heteroatoms. The quantitative estimate of drug-likeness (QED) is 0.0234. The number of nitrogens with two attached hydrogens (primary N) is 4. The zero-order chi connectivity index (χ0) is 59.5. The van der Waals surface area contributed by atoms with Crippen LogP contribution in [0.25, 0.3) is 33.1 Å². The van der Waals surface area contributed by atoms with Gasteiger partial charge in [-0.05, 0) is 108 Å². The molecule has 0 saturated carbocycles. The molecular weight excluding hydrogens is 1150 g/mol. The summed E-state index contributed by atoms with van der Waals surface area (Å²) in [5.41, 5.74) is 35.0. The molecule has 3 aromatic heterocycles. The van der Waals surface area contributed by atoms with Crippen LogP contribution in [0.15, 0.2) is 109 Å². The maximum atomic E-state index is 10.5. The summed E-state index contributed by atoms with van der Waals surface area (Å²) >= 11 is 6.54. The van der Waals surface area contributed by atoms with Gasteiger partial charge >= 0.3 is 22.5 Å². The number of aldehydes is 1. The number of hydrogen-bond donors (Lipinski definition) is 8. The van der Waals surface area contributed by atoms with Crippen LogP contribution in [0.1, 0.15) is 56.2 Å². The van der Waals surface area contributed by atoms with Crippen LogP contribution in [0.2, 0.25) is 5.02 Å². The number of aliphatic hydroxyl groups excluding tert-OH is 4. The number of nitrogens with zero attached hydrogens (tertiary/aromatic N) is 9. The minimum atomic E-state index is -1.44.